The summed E-state index contributed by atoms with van der Waals surface area (Å²) in [6.45, 7) is 3.16. The Kier molecular flexibility index (Phi) is 6.22. The van der Waals surface area contributed by atoms with Crippen LogP contribution in [0.15, 0.2) is 0 Å². The predicted octanol–water partition coefficient (Wildman–Crippen LogP) is 2.64. The molecule has 0 N–H and O–H groups in total. The highest BCUT2D eigenvalue weighted by Crippen LogP contribution is 2.24. The number of rotatable bonds is 4. The van der Waals surface area contributed by atoms with E-state index in [1.165, 1.54) is 0 Å². The summed E-state index contributed by atoms with van der Waals surface area (Å²) in [4.78, 5) is 22.6. The summed E-state index contributed by atoms with van der Waals surface area (Å²) in [5.74, 6) is -0.794. The van der Waals surface area contributed by atoms with Crippen LogP contribution in [0, 0.1) is 0 Å². The SMILES string of the molecule is CC(Cl)C(=O)OC1CCC(OC(=O)C(C)Cl)CC1. The molecule has 1 rings (SSSR count). The molecule has 1 aliphatic rings. The minimum absolute atomic E-state index is 0.123. The summed E-state index contributed by atoms with van der Waals surface area (Å²) in [5.41, 5.74) is 0. The Balaban J connectivity index is 2.28. The van der Waals surface area contributed by atoms with E-state index in [1.807, 2.05) is 0 Å². The van der Waals surface area contributed by atoms with Gasteiger partial charge in [0.15, 0.2) is 0 Å². The second-order valence-electron chi connectivity index (χ2n) is 4.50. The number of carbonyl (C=O) groups excluding carboxylic acids is 2. The van der Waals surface area contributed by atoms with Crippen molar-refractivity contribution in [2.24, 2.45) is 0 Å². The fourth-order valence-corrected chi connectivity index (χ4v) is 1.89. The average Bonchev–Trinajstić information content (AvgIpc) is 2.31. The summed E-state index contributed by atoms with van der Waals surface area (Å²) < 4.78 is 10.4. The molecule has 2 atom stereocenters. The molecule has 0 radical (unpaired) electrons. The molecular formula is C12H18Cl2O4. The molecule has 0 heterocycles. The van der Waals surface area contributed by atoms with Gasteiger partial charge in [0.1, 0.15) is 23.0 Å². The molecule has 4 nitrogen and oxygen atoms in total. The highest BCUT2D eigenvalue weighted by molar-refractivity contribution is 6.29. The number of hydrogen-bond donors (Lipinski definition) is 0. The topological polar surface area (TPSA) is 52.6 Å². The van der Waals surface area contributed by atoms with Crippen molar-refractivity contribution >= 4 is 35.1 Å². The molecule has 0 amide bonds. The number of carbonyl (C=O) groups is 2. The van der Waals surface area contributed by atoms with Crippen molar-refractivity contribution in [2.45, 2.75) is 62.5 Å². The molecule has 1 saturated carbocycles. The van der Waals surface area contributed by atoms with Gasteiger partial charge in [-0.15, -0.1) is 23.2 Å². The average molecular weight is 297 g/mol. The first-order valence-corrected chi connectivity index (χ1v) is 6.96. The first kappa shape index (κ1) is 15.6. The Morgan fingerprint density at radius 2 is 1.17 bits per heavy atom. The van der Waals surface area contributed by atoms with E-state index in [9.17, 15) is 9.59 Å². The largest absolute Gasteiger partial charge is 0.461 e. The van der Waals surface area contributed by atoms with Crippen LogP contribution < -0.4 is 0 Å². The van der Waals surface area contributed by atoms with Crippen LogP contribution in [0.25, 0.3) is 0 Å². The van der Waals surface area contributed by atoms with Crippen molar-refractivity contribution < 1.29 is 19.1 Å². The number of alkyl halides is 2. The van der Waals surface area contributed by atoms with E-state index < -0.39 is 22.7 Å². The maximum atomic E-state index is 11.3. The minimum atomic E-state index is -0.627. The van der Waals surface area contributed by atoms with Crippen LogP contribution in [-0.2, 0) is 19.1 Å². The van der Waals surface area contributed by atoms with Gasteiger partial charge >= 0.3 is 11.9 Å². The molecule has 0 bridgehead atoms. The molecule has 0 saturated heterocycles. The van der Waals surface area contributed by atoms with Crippen molar-refractivity contribution in [3.8, 4) is 0 Å². The monoisotopic (exact) mass is 296 g/mol. The zero-order valence-electron chi connectivity index (χ0n) is 10.5. The van der Waals surface area contributed by atoms with Crippen molar-refractivity contribution in [2.75, 3.05) is 0 Å². The third-order valence-corrected chi connectivity index (χ3v) is 3.19. The third-order valence-electron chi connectivity index (χ3n) is 2.84. The van der Waals surface area contributed by atoms with Gasteiger partial charge in [0.25, 0.3) is 0 Å². The third kappa shape index (κ3) is 5.02. The van der Waals surface area contributed by atoms with E-state index in [0.717, 1.165) is 0 Å². The van der Waals surface area contributed by atoms with E-state index in [4.69, 9.17) is 32.7 Å². The van der Waals surface area contributed by atoms with Gasteiger partial charge in [0, 0.05) is 0 Å². The maximum absolute atomic E-state index is 11.3. The number of halogens is 2. The van der Waals surface area contributed by atoms with Gasteiger partial charge in [-0.05, 0) is 39.5 Å². The van der Waals surface area contributed by atoms with E-state index >= 15 is 0 Å². The lowest BCUT2D eigenvalue weighted by Crippen LogP contribution is -2.32. The van der Waals surface area contributed by atoms with Crippen LogP contribution in [-0.4, -0.2) is 34.9 Å². The molecule has 0 spiro atoms. The summed E-state index contributed by atoms with van der Waals surface area (Å²) in [5, 5.41) is -1.25. The lowest BCUT2D eigenvalue weighted by Gasteiger charge is -2.28. The van der Waals surface area contributed by atoms with Crippen molar-refractivity contribution in [3.05, 3.63) is 0 Å². The lowest BCUT2D eigenvalue weighted by molar-refractivity contribution is -0.157. The maximum Gasteiger partial charge on any atom is 0.324 e. The molecule has 2 unspecified atom stereocenters. The Morgan fingerprint density at radius 1 is 0.889 bits per heavy atom. The summed E-state index contributed by atoms with van der Waals surface area (Å²) in [7, 11) is 0. The first-order valence-electron chi connectivity index (χ1n) is 6.09. The lowest BCUT2D eigenvalue weighted by atomic mass is 9.95. The van der Waals surface area contributed by atoms with Crippen LogP contribution in [0.1, 0.15) is 39.5 Å². The van der Waals surface area contributed by atoms with Crippen LogP contribution in [0.4, 0.5) is 0 Å². The second-order valence-corrected chi connectivity index (χ2v) is 5.81. The van der Waals surface area contributed by atoms with Crippen molar-refractivity contribution in [1.82, 2.24) is 0 Å². The Labute approximate surface area is 117 Å². The van der Waals surface area contributed by atoms with E-state index in [2.05, 4.69) is 0 Å². The molecule has 1 fully saturated rings. The molecule has 0 aliphatic heterocycles. The zero-order valence-corrected chi connectivity index (χ0v) is 12.0. The molecule has 104 valence electrons. The predicted molar refractivity (Wildman–Crippen MR) is 68.9 cm³/mol. The summed E-state index contributed by atoms with van der Waals surface area (Å²) in [6.07, 6.45) is 2.49. The van der Waals surface area contributed by atoms with Gasteiger partial charge in [0.2, 0.25) is 0 Å². The van der Waals surface area contributed by atoms with Gasteiger partial charge in [0.05, 0.1) is 0 Å². The van der Waals surface area contributed by atoms with Crippen molar-refractivity contribution in [3.63, 3.8) is 0 Å². The van der Waals surface area contributed by atoms with Crippen LogP contribution >= 0.6 is 23.2 Å². The van der Waals surface area contributed by atoms with Crippen LogP contribution in [0.2, 0.25) is 0 Å². The van der Waals surface area contributed by atoms with Gasteiger partial charge in [-0.2, -0.15) is 0 Å². The molecule has 0 aromatic heterocycles. The molecule has 18 heavy (non-hydrogen) atoms. The Hall–Kier alpha value is -0.480. The quantitative estimate of drug-likeness (QED) is 0.591. The highest BCUT2D eigenvalue weighted by atomic mass is 35.5. The Morgan fingerprint density at radius 3 is 1.39 bits per heavy atom. The number of ether oxygens (including phenoxy) is 2. The van der Waals surface area contributed by atoms with E-state index in [-0.39, 0.29) is 12.2 Å². The molecular weight excluding hydrogens is 279 g/mol. The smallest absolute Gasteiger partial charge is 0.324 e. The van der Waals surface area contributed by atoms with Crippen molar-refractivity contribution in [1.29, 1.82) is 0 Å². The molecule has 1 aliphatic carbocycles. The van der Waals surface area contributed by atoms with Gasteiger partial charge in [-0.25, -0.2) is 0 Å². The highest BCUT2D eigenvalue weighted by Gasteiger charge is 2.27. The normalized spacial score (nSPS) is 27.1. The fraction of sp³-hybridized carbons (Fsp3) is 0.833. The fourth-order valence-electron chi connectivity index (χ4n) is 1.78. The van der Waals surface area contributed by atoms with Crippen LogP contribution in [0.3, 0.4) is 0 Å². The number of esters is 2. The van der Waals surface area contributed by atoms with Gasteiger partial charge < -0.3 is 9.47 Å². The second kappa shape index (κ2) is 7.19. The number of hydrogen-bond acceptors (Lipinski definition) is 4. The summed E-state index contributed by atoms with van der Waals surface area (Å²) in [6, 6.07) is 0. The van der Waals surface area contributed by atoms with E-state index in [1.54, 1.807) is 13.8 Å². The molecule has 0 aromatic carbocycles. The first-order chi connectivity index (χ1) is 8.40. The van der Waals surface area contributed by atoms with E-state index in [0.29, 0.717) is 25.7 Å². The Bertz CT molecular complexity index is 266. The summed E-state index contributed by atoms with van der Waals surface area (Å²) >= 11 is 11.2. The van der Waals surface area contributed by atoms with Gasteiger partial charge in [-0.1, -0.05) is 0 Å². The molecule has 0 aromatic rings. The zero-order chi connectivity index (χ0) is 13.7. The standard InChI is InChI=1S/C12H18Cl2O4/c1-7(13)11(15)17-9-3-5-10(6-4-9)18-12(16)8(2)14/h7-10H,3-6H2,1-2H3. The molecule has 6 heteroatoms. The minimum Gasteiger partial charge on any atom is -0.461 e. The van der Waals surface area contributed by atoms with Crippen LogP contribution in [0.5, 0.6) is 0 Å². The van der Waals surface area contributed by atoms with Gasteiger partial charge in [-0.3, -0.25) is 9.59 Å².